The second-order valence-electron chi connectivity index (χ2n) is 7.80. The standard InChI is InChI=1S/C22H26FNO4S/c23-19-6-8-21(9-7-19)29(25,26)24-13-11-22(12-14-24)16-20(10-15-28-22)27-17-18-4-2-1-3-5-18/h1-9,20H,10-17H2. The molecule has 0 radical (unpaired) electrons. The molecule has 2 heterocycles. The van der Waals surface area contributed by atoms with Gasteiger partial charge in [-0.25, -0.2) is 12.8 Å². The minimum absolute atomic E-state index is 0.115. The van der Waals surface area contributed by atoms with Crippen LogP contribution in [0.25, 0.3) is 0 Å². The second kappa shape index (κ2) is 8.52. The van der Waals surface area contributed by atoms with E-state index in [2.05, 4.69) is 0 Å². The Morgan fingerprint density at radius 1 is 1.07 bits per heavy atom. The van der Waals surface area contributed by atoms with Gasteiger partial charge in [0, 0.05) is 26.1 Å². The van der Waals surface area contributed by atoms with E-state index >= 15 is 0 Å². The van der Waals surface area contributed by atoms with Crippen LogP contribution in [0.1, 0.15) is 31.2 Å². The summed E-state index contributed by atoms with van der Waals surface area (Å²) in [6, 6.07) is 15.1. The smallest absolute Gasteiger partial charge is 0.243 e. The molecule has 1 atom stereocenters. The summed E-state index contributed by atoms with van der Waals surface area (Å²) in [4.78, 5) is 0.128. The summed E-state index contributed by atoms with van der Waals surface area (Å²) < 4.78 is 52.5. The Labute approximate surface area is 171 Å². The van der Waals surface area contributed by atoms with Gasteiger partial charge < -0.3 is 9.47 Å². The Bertz CT molecular complexity index is 910. The molecule has 1 spiro atoms. The highest BCUT2D eigenvalue weighted by Gasteiger charge is 2.43. The number of rotatable bonds is 5. The van der Waals surface area contributed by atoms with E-state index in [4.69, 9.17) is 9.47 Å². The molecule has 0 aliphatic carbocycles. The van der Waals surface area contributed by atoms with Crippen molar-refractivity contribution in [3.05, 3.63) is 66.0 Å². The third-order valence-corrected chi connectivity index (χ3v) is 7.77. The number of nitrogens with zero attached hydrogens (tertiary/aromatic N) is 1. The number of benzene rings is 2. The zero-order valence-electron chi connectivity index (χ0n) is 16.3. The number of halogens is 1. The third kappa shape index (κ3) is 4.69. The van der Waals surface area contributed by atoms with E-state index in [1.54, 1.807) is 0 Å². The fraction of sp³-hybridized carbons (Fsp3) is 0.455. The number of sulfonamides is 1. The minimum atomic E-state index is -3.61. The summed E-state index contributed by atoms with van der Waals surface area (Å²) in [5, 5.41) is 0. The second-order valence-corrected chi connectivity index (χ2v) is 9.74. The number of hydrogen-bond acceptors (Lipinski definition) is 4. The van der Waals surface area contributed by atoms with Crippen LogP contribution < -0.4 is 0 Å². The van der Waals surface area contributed by atoms with Gasteiger partial charge in [0.25, 0.3) is 0 Å². The van der Waals surface area contributed by atoms with Crippen molar-refractivity contribution in [1.29, 1.82) is 0 Å². The lowest BCUT2D eigenvalue weighted by Crippen LogP contribution is -2.51. The van der Waals surface area contributed by atoms with Crippen LogP contribution in [-0.2, 0) is 26.1 Å². The highest BCUT2D eigenvalue weighted by Crippen LogP contribution is 2.37. The molecule has 2 aliphatic heterocycles. The fourth-order valence-electron chi connectivity index (χ4n) is 4.15. The maximum absolute atomic E-state index is 13.1. The summed E-state index contributed by atoms with van der Waals surface area (Å²) in [5.74, 6) is -0.446. The Morgan fingerprint density at radius 2 is 1.76 bits per heavy atom. The zero-order valence-corrected chi connectivity index (χ0v) is 17.1. The van der Waals surface area contributed by atoms with Gasteiger partial charge in [-0.05, 0) is 49.1 Å². The Morgan fingerprint density at radius 3 is 2.45 bits per heavy atom. The first-order chi connectivity index (χ1) is 14.0. The highest BCUT2D eigenvalue weighted by atomic mass is 32.2. The lowest BCUT2D eigenvalue weighted by Gasteiger charge is -2.45. The summed E-state index contributed by atoms with van der Waals surface area (Å²) >= 11 is 0. The molecule has 2 fully saturated rings. The number of ether oxygens (including phenoxy) is 2. The number of hydrogen-bond donors (Lipinski definition) is 0. The molecule has 0 aromatic heterocycles. The van der Waals surface area contributed by atoms with E-state index in [-0.39, 0.29) is 16.6 Å². The first-order valence-electron chi connectivity index (χ1n) is 10.0. The van der Waals surface area contributed by atoms with Gasteiger partial charge in [-0.1, -0.05) is 30.3 Å². The lowest BCUT2D eigenvalue weighted by atomic mass is 9.84. The topological polar surface area (TPSA) is 55.8 Å². The van der Waals surface area contributed by atoms with E-state index in [1.807, 2.05) is 30.3 Å². The summed E-state index contributed by atoms with van der Waals surface area (Å²) in [7, 11) is -3.61. The van der Waals surface area contributed by atoms with Crippen molar-refractivity contribution < 1.29 is 22.3 Å². The van der Waals surface area contributed by atoms with Crippen LogP contribution in [0.15, 0.2) is 59.5 Å². The van der Waals surface area contributed by atoms with Crippen molar-refractivity contribution in [3.8, 4) is 0 Å². The molecular weight excluding hydrogens is 393 g/mol. The van der Waals surface area contributed by atoms with Crippen molar-refractivity contribution >= 4 is 10.0 Å². The molecule has 4 rings (SSSR count). The van der Waals surface area contributed by atoms with E-state index in [9.17, 15) is 12.8 Å². The van der Waals surface area contributed by atoms with Crippen LogP contribution in [0.4, 0.5) is 4.39 Å². The van der Waals surface area contributed by atoms with Gasteiger partial charge >= 0.3 is 0 Å². The average Bonchev–Trinajstić information content (AvgIpc) is 2.74. The molecule has 2 aromatic rings. The van der Waals surface area contributed by atoms with Crippen molar-refractivity contribution in [1.82, 2.24) is 4.31 Å². The molecule has 0 amide bonds. The first kappa shape index (κ1) is 20.5. The molecule has 29 heavy (non-hydrogen) atoms. The molecule has 156 valence electrons. The predicted octanol–water partition coefficient (Wildman–Crippen LogP) is 3.74. The summed E-state index contributed by atoms with van der Waals surface area (Å²) in [5.41, 5.74) is 0.822. The molecule has 2 saturated heterocycles. The summed E-state index contributed by atoms with van der Waals surface area (Å²) in [6.45, 7) is 1.99. The van der Waals surface area contributed by atoms with E-state index in [0.717, 1.165) is 18.4 Å². The quantitative estimate of drug-likeness (QED) is 0.741. The summed E-state index contributed by atoms with van der Waals surface area (Å²) in [6.07, 6.45) is 3.03. The van der Waals surface area contributed by atoms with Crippen LogP contribution in [0, 0.1) is 5.82 Å². The van der Waals surface area contributed by atoms with Gasteiger partial charge in [0.1, 0.15) is 5.82 Å². The fourth-order valence-corrected chi connectivity index (χ4v) is 5.59. The Hall–Kier alpha value is -1.80. The van der Waals surface area contributed by atoms with E-state index in [0.29, 0.717) is 39.1 Å². The van der Waals surface area contributed by atoms with Gasteiger partial charge in [0.2, 0.25) is 10.0 Å². The zero-order chi connectivity index (χ0) is 20.3. The maximum Gasteiger partial charge on any atom is 0.243 e. The monoisotopic (exact) mass is 419 g/mol. The minimum Gasteiger partial charge on any atom is -0.375 e. The third-order valence-electron chi connectivity index (χ3n) is 5.86. The Balaban J connectivity index is 1.35. The van der Waals surface area contributed by atoms with E-state index in [1.165, 1.54) is 28.6 Å². The van der Waals surface area contributed by atoms with Crippen LogP contribution in [0.3, 0.4) is 0 Å². The van der Waals surface area contributed by atoms with Crippen molar-refractivity contribution in [2.24, 2.45) is 0 Å². The Kier molecular flexibility index (Phi) is 6.01. The number of piperidine rings is 1. The molecular formula is C22H26FNO4S. The normalized spacial score (nSPS) is 22.6. The maximum atomic E-state index is 13.1. The van der Waals surface area contributed by atoms with Crippen LogP contribution >= 0.6 is 0 Å². The van der Waals surface area contributed by atoms with Crippen LogP contribution in [-0.4, -0.2) is 44.1 Å². The van der Waals surface area contributed by atoms with Gasteiger partial charge in [0.15, 0.2) is 0 Å². The van der Waals surface area contributed by atoms with Crippen molar-refractivity contribution in [2.75, 3.05) is 19.7 Å². The molecule has 1 unspecified atom stereocenters. The molecule has 2 aromatic carbocycles. The molecule has 2 aliphatic rings. The molecule has 7 heteroatoms. The molecule has 0 N–H and O–H groups in total. The SMILES string of the molecule is O=S(=O)(c1ccc(F)cc1)N1CCC2(CC1)CC(OCc1ccccc1)CCO2. The molecule has 0 bridgehead atoms. The average molecular weight is 420 g/mol. The van der Waals surface area contributed by atoms with Gasteiger partial charge in [0.05, 0.1) is 23.2 Å². The van der Waals surface area contributed by atoms with Crippen molar-refractivity contribution in [2.45, 2.75) is 48.9 Å². The lowest BCUT2D eigenvalue weighted by molar-refractivity contribution is -0.153. The first-order valence-corrected chi connectivity index (χ1v) is 11.5. The van der Waals surface area contributed by atoms with E-state index < -0.39 is 15.8 Å². The van der Waals surface area contributed by atoms with Crippen LogP contribution in [0.5, 0.6) is 0 Å². The van der Waals surface area contributed by atoms with Crippen LogP contribution in [0.2, 0.25) is 0 Å². The molecule has 0 saturated carbocycles. The molecule has 5 nitrogen and oxygen atoms in total. The van der Waals surface area contributed by atoms with Crippen molar-refractivity contribution in [3.63, 3.8) is 0 Å². The predicted molar refractivity (Wildman–Crippen MR) is 107 cm³/mol. The largest absolute Gasteiger partial charge is 0.375 e. The van der Waals surface area contributed by atoms with Gasteiger partial charge in [-0.3, -0.25) is 0 Å². The highest BCUT2D eigenvalue weighted by molar-refractivity contribution is 7.89. The van der Waals surface area contributed by atoms with Gasteiger partial charge in [-0.2, -0.15) is 4.31 Å². The van der Waals surface area contributed by atoms with Gasteiger partial charge in [-0.15, -0.1) is 0 Å².